The molecule has 0 spiro atoms. The fourth-order valence-corrected chi connectivity index (χ4v) is 4.63. The molecule has 0 aliphatic carbocycles. The molecule has 0 aromatic rings. The Morgan fingerprint density at radius 1 is 0.705 bits per heavy atom. The number of quaternary nitrogens is 1. The molecule has 0 amide bonds. The van der Waals surface area contributed by atoms with E-state index >= 15 is 0 Å². The summed E-state index contributed by atoms with van der Waals surface area (Å²) in [5.41, 5.74) is 0. The minimum absolute atomic E-state index is 0.0497. The Labute approximate surface area is 268 Å². The van der Waals surface area contributed by atoms with Gasteiger partial charge in [0.15, 0.2) is 12.1 Å². The van der Waals surface area contributed by atoms with Crippen LogP contribution in [0.5, 0.6) is 0 Å². The molecule has 0 aromatic carbocycles. The molecule has 0 radical (unpaired) electrons. The Hall–Kier alpha value is -2.45. The molecule has 254 valence electrons. The van der Waals surface area contributed by atoms with Gasteiger partial charge in [0.25, 0.3) is 0 Å². The number of hydrogen-bond acceptors (Lipinski definition) is 6. The highest BCUT2D eigenvalue weighted by Gasteiger charge is 2.31. The molecular formula is C36H64NO7+. The first-order valence-corrected chi connectivity index (χ1v) is 17.0. The molecular weight excluding hydrogens is 558 g/mol. The molecule has 0 rings (SSSR count). The first-order chi connectivity index (χ1) is 21.1. The molecule has 0 aliphatic rings. The highest BCUT2D eigenvalue weighted by molar-refractivity contribution is 5.72. The number of aliphatic carboxylic acids is 1. The van der Waals surface area contributed by atoms with Crippen LogP contribution in [0, 0.1) is 0 Å². The van der Waals surface area contributed by atoms with Crippen molar-refractivity contribution >= 4 is 17.9 Å². The molecule has 44 heavy (non-hydrogen) atoms. The van der Waals surface area contributed by atoms with Crippen LogP contribution < -0.4 is 0 Å². The quantitative estimate of drug-likeness (QED) is 0.0391. The molecule has 8 heteroatoms. The molecule has 1 N–H and O–H groups in total. The second-order valence-corrected chi connectivity index (χ2v) is 12.4. The van der Waals surface area contributed by atoms with Crippen molar-refractivity contribution in [1.82, 2.24) is 0 Å². The number of nitrogens with zero attached hydrogens (tertiary/aromatic N) is 1. The fraction of sp³-hybridized carbons (Fsp3) is 0.750. The third kappa shape index (κ3) is 26.0. The first kappa shape index (κ1) is 41.5. The van der Waals surface area contributed by atoms with Crippen molar-refractivity contribution < 1.29 is 38.2 Å². The minimum Gasteiger partial charge on any atom is -0.477 e. The largest absolute Gasteiger partial charge is 0.477 e. The molecule has 0 aliphatic heterocycles. The SMILES string of the molecule is CC/C=C/C/C=C/C/C=C/CCCCC(=O)OCC(COCCC(C(=O)O)[N+](C)(C)C)OC(=O)CCCCCCCCCC. The highest BCUT2D eigenvalue weighted by Crippen LogP contribution is 2.12. The van der Waals surface area contributed by atoms with Gasteiger partial charge in [-0.05, 0) is 44.9 Å². The number of carboxylic acids is 1. The van der Waals surface area contributed by atoms with Crippen molar-refractivity contribution in [3.8, 4) is 0 Å². The van der Waals surface area contributed by atoms with E-state index in [1.165, 1.54) is 32.1 Å². The molecule has 2 unspecified atom stereocenters. The summed E-state index contributed by atoms with van der Waals surface area (Å²) in [6.45, 7) is 4.51. The number of carbonyl (C=O) groups is 3. The second kappa shape index (κ2) is 28.1. The maximum absolute atomic E-state index is 12.5. The number of ether oxygens (including phenoxy) is 3. The van der Waals surface area contributed by atoms with Crippen LogP contribution in [0.4, 0.5) is 0 Å². The number of unbranched alkanes of at least 4 members (excludes halogenated alkanes) is 9. The molecule has 0 aromatic heterocycles. The molecule has 0 heterocycles. The van der Waals surface area contributed by atoms with E-state index in [4.69, 9.17) is 14.2 Å². The standard InChI is InChI=1S/C36H63NO7/c1-6-8-10-12-14-16-17-18-19-21-22-24-26-34(38)43-31-32(30-42-29-28-33(36(40)41)37(3,4)5)44-35(39)27-25-23-20-15-13-11-9-7-2/h8,10,14,16,18-19,32-33H,6-7,9,11-13,15,17,20-31H2,1-5H3/p+1/b10-8+,16-14+,19-18+. The van der Waals surface area contributed by atoms with Crippen LogP contribution in [0.3, 0.4) is 0 Å². The van der Waals surface area contributed by atoms with Crippen molar-refractivity contribution in [3.05, 3.63) is 36.5 Å². The summed E-state index contributed by atoms with van der Waals surface area (Å²) in [7, 11) is 5.49. The van der Waals surface area contributed by atoms with Gasteiger partial charge in [0.1, 0.15) is 6.61 Å². The van der Waals surface area contributed by atoms with Crippen LogP contribution in [0.1, 0.15) is 123 Å². The average molecular weight is 623 g/mol. The van der Waals surface area contributed by atoms with E-state index in [-0.39, 0.29) is 36.2 Å². The zero-order valence-corrected chi connectivity index (χ0v) is 28.6. The van der Waals surface area contributed by atoms with Crippen molar-refractivity contribution in [1.29, 1.82) is 0 Å². The van der Waals surface area contributed by atoms with Gasteiger partial charge in [-0.25, -0.2) is 4.79 Å². The number of rotatable bonds is 29. The average Bonchev–Trinajstić information content (AvgIpc) is 2.96. The summed E-state index contributed by atoms with van der Waals surface area (Å²) in [5.74, 6) is -1.53. The molecule has 2 atom stereocenters. The van der Waals surface area contributed by atoms with Crippen molar-refractivity contribution in [2.75, 3.05) is 41.0 Å². The maximum atomic E-state index is 12.5. The zero-order valence-electron chi connectivity index (χ0n) is 28.6. The smallest absolute Gasteiger partial charge is 0.362 e. The van der Waals surface area contributed by atoms with E-state index in [1.807, 2.05) is 21.1 Å². The summed E-state index contributed by atoms with van der Waals surface area (Å²) in [6, 6.07) is -0.616. The molecule has 8 nitrogen and oxygen atoms in total. The van der Waals surface area contributed by atoms with Crippen LogP contribution in [-0.2, 0) is 28.6 Å². The van der Waals surface area contributed by atoms with Crippen LogP contribution >= 0.6 is 0 Å². The van der Waals surface area contributed by atoms with E-state index < -0.39 is 18.1 Å². The lowest BCUT2D eigenvalue weighted by molar-refractivity contribution is -0.887. The van der Waals surface area contributed by atoms with Gasteiger partial charge < -0.3 is 23.8 Å². The van der Waals surface area contributed by atoms with Gasteiger partial charge in [0.05, 0.1) is 34.4 Å². The Kier molecular flexibility index (Phi) is 26.5. The molecule has 0 saturated carbocycles. The van der Waals surface area contributed by atoms with Gasteiger partial charge in [-0.1, -0.05) is 95.2 Å². The lowest BCUT2D eigenvalue weighted by Crippen LogP contribution is -2.50. The van der Waals surface area contributed by atoms with Crippen LogP contribution in [0.15, 0.2) is 36.5 Å². The third-order valence-electron chi connectivity index (χ3n) is 7.30. The number of hydrogen-bond donors (Lipinski definition) is 1. The first-order valence-electron chi connectivity index (χ1n) is 17.0. The minimum atomic E-state index is -0.883. The van der Waals surface area contributed by atoms with Crippen LogP contribution in [-0.4, -0.2) is 80.6 Å². The van der Waals surface area contributed by atoms with Gasteiger partial charge in [0.2, 0.25) is 0 Å². The van der Waals surface area contributed by atoms with Gasteiger partial charge >= 0.3 is 17.9 Å². The molecule has 0 fully saturated rings. The lowest BCUT2D eigenvalue weighted by Gasteiger charge is -2.31. The van der Waals surface area contributed by atoms with Gasteiger partial charge in [0, 0.05) is 19.3 Å². The topological polar surface area (TPSA) is 99.1 Å². The van der Waals surface area contributed by atoms with E-state index in [2.05, 4.69) is 50.3 Å². The number of likely N-dealkylation sites (N-methyl/N-ethyl adjacent to an activating group) is 1. The summed E-state index contributed by atoms with van der Waals surface area (Å²) in [6.07, 6.45) is 27.7. The van der Waals surface area contributed by atoms with Gasteiger partial charge in [-0.3, -0.25) is 9.59 Å². The van der Waals surface area contributed by atoms with E-state index in [0.717, 1.165) is 57.8 Å². The van der Waals surface area contributed by atoms with Gasteiger partial charge in [-0.15, -0.1) is 0 Å². The normalized spacial score (nSPS) is 13.6. The van der Waals surface area contributed by atoms with Crippen molar-refractivity contribution in [2.45, 2.75) is 135 Å². The predicted molar refractivity (Wildman–Crippen MR) is 178 cm³/mol. The third-order valence-corrected chi connectivity index (χ3v) is 7.30. The summed E-state index contributed by atoms with van der Waals surface area (Å²) in [5, 5.41) is 9.54. The Balaban J connectivity index is 4.53. The van der Waals surface area contributed by atoms with Crippen LogP contribution in [0.25, 0.3) is 0 Å². The Bertz CT molecular complexity index is 829. The monoisotopic (exact) mass is 622 g/mol. The van der Waals surface area contributed by atoms with E-state index in [0.29, 0.717) is 19.3 Å². The van der Waals surface area contributed by atoms with Crippen molar-refractivity contribution in [2.24, 2.45) is 0 Å². The summed E-state index contributed by atoms with van der Waals surface area (Å²) < 4.78 is 17.0. The lowest BCUT2D eigenvalue weighted by atomic mass is 10.1. The molecule has 0 saturated heterocycles. The number of carboxylic acid groups (broad SMARTS) is 1. The second-order valence-electron chi connectivity index (χ2n) is 12.4. The van der Waals surface area contributed by atoms with Gasteiger partial charge in [-0.2, -0.15) is 0 Å². The number of esters is 2. The Morgan fingerprint density at radius 3 is 1.89 bits per heavy atom. The number of carbonyl (C=O) groups excluding carboxylic acids is 2. The van der Waals surface area contributed by atoms with E-state index in [9.17, 15) is 19.5 Å². The summed E-state index contributed by atoms with van der Waals surface area (Å²) >= 11 is 0. The molecule has 0 bridgehead atoms. The highest BCUT2D eigenvalue weighted by atomic mass is 16.6. The Morgan fingerprint density at radius 2 is 1.27 bits per heavy atom. The number of allylic oxidation sites excluding steroid dienone is 6. The predicted octanol–water partition coefficient (Wildman–Crippen LogP) is 7.96. The van der Waals surface area contributed by atoms with E-state index in [1.54, 1.807) is 0 Å². The van der Waals surface area contributed by atoms with Crippen molar-refractivity contribution in [3.63, 3.8) is 0 Å². The summed E-state index contributed by atoms with van der Waals surface area (Å²) in [4.78, 5) is 36.5. The zero-order chi connectivity index (χ0) is 32.9. The maximum Gasteiger partial charge on any atom is 0.362 e. The van der Waals surface area contributed by atoms with Crippen LogP contribution in [0.2, 0.25) is 0 Å². The fourth-order valence-electron chi connectivity index (χ4n) is 4.63.